The Morgan fingerprint density at radius 1 is 1.24 bits per heavy atom. The molecule has 132 valence electrons. The van der Waals surface area contributed by atoms with E-state index in [0.717, 1.165) is 23.4 Å². The lowest BCUT2D eigenvalue weighted by Gasteiger charge is -2.18. The van der Waals surface area contributed by atoms with Gasteiger partial charge in [0.2, 0.25) is 15.9 Å². The van der Waals surface area contributed by atoms with Crippen molar-refractivity contribution in [2.75, 3.05) is 24.5 Å². The Labute approximate surface area is 147 Å². The summed E-state index contributed by atoms with van der Waals surface area (Å²) in [6.45, 7) is 3.06. The van der Waals surface area contributed by atoms with Crippen LogP contribution in [0, 0.1) is 0 Å². The Morgan fingerprint density at radius 3 is 2.80 bits per heavy atom. The van der Waals surface area contributed by atoms with Gasteiger partial charge in [-0.1, -0.05) is 0 Å². The number of benzene rings is 1. The first-order chi connectivity index (χ1) is 12.0. The van der Waals surface area contributed by atoms with Crippen LogP contribution in [0.4, 0.5) is 5.69 Å². The van der Waals surface area contributed by atoms with Gasteiger partial charge >= 0.3 is 0 Å². The number of hydrogen-bond acceptors (Lipinski definition) is 4. The molecule has 1 aromatic heterocycles. The van der Waals surface area contributed by atoms with Crippen molar-refractivity contribution in [3.05, 3.63) is 47.9 Å². The van der Waals surface area contributed by atoms with Gasteiger partial charge < -0.3 is 9.32 Å². The van der Waals surface area contributed by atoms with Crippen LogP contribution in [0.2, 0.25) is 0 Å². The van der Waals surface area contributed by atoms with Crippen LogP contribution in [-0.4, -0.2) is 38.3 Å². The summed E-state index contributed by atoms with van der Waals surface area (Å²) in [6.07, 6.45) is 3.07. The number of rotatable bonds is 3. The third kappa shape index (κ3) is 2.77. The molecule has 1 amide bonds. The monoisotopic (exact) mass is 360 g/mol. The third-order valence-corrected chi connectivity index (χ3v) is 6.92. The highest BCUT2D eigenvalue weighted by molar-refractivity contribution is 7.89. The fourth-order valence-electron chi connectivity index (χ4n) is 3.72. The zero-order valence-electron chi connectivity index (χ0n) is 14.0. The van der Waals surface area contributed by atoms with Gasteiger partial charge in [0.05, 0.1) is 11.2 Å². The minimum atomic E-state index is -3.53. The molecule has 7 heteroatoms. The largest absolute Gasteiger partial charge is 0.469 e. The number of carbonyl (C=O) groups excluding carboxylic acids is 1. The van der Waals surface area contributed by atoms with Crippen molar-refractivity contribution in [1.29, 1.82) is 0 Å². The maximum atomic E-state index is 13.0. The molecule has 2 aliphatic rings. The zero-order valence-corrected chi connectivity index (χ0v) is 14.8. The summed E-state index contributed by atoms with van der Waals surface area (Å²) in [5.74, 6) is 0.923. The lowest BCUT2D eigenvalue weighted by atomic mass is 10.1. The predicted molar refractivity (Wildman–Crippen MR) is 93.0 cm³/mol. The van der Waals surface area contributed by atoms with Crippen molar-refractivity contribution in [3.8, 4) is 0 Å². The molecule has 0 aliphatic carbocycles. The lowest BCUT2D eigenvalue weighted by Crippen LogP contribution is -2.29. The molecule has 25 heavy (non-hydrogen) atoms. The Balaban J connectivity index is 1.58. The van der Waals surface area contributed by atoms with Crippen molar-refractivity contribution in [2.45, 2.75) is 30.6 Å². The van der Waals surface area contributed by atoms with Crippen LogP contribution >= 0.6 is 0 Å². The number of anilines is 1. The first-order valence-electron chi connectivity index (χ1n) is 8.41. The highest BCUT2D eigenvalue weighted by Gasteiger charge is 2.35. The van der Waals surface area contributed by atoms with E-state index in [4.69, 9.17) is 4.42 Å². The van der Waals surface area contributed by atoms with Gasteiger partial charge in [-0.05, 0) is 48.7 Å². The lowest BCUT2D eigenvalue weighted by molar-refractivity contribution is -0.116. The molecular weight excluding hydrogens is 340 g/mol. The number of nitrogens with zero attached hydrogens (tertiary/aromatic N) is 2. The molecular formula is C18H20N2O4S. The van der Waals surface area contributed by atoms with E-state index in [9.17, 15) is 13.2 Å². The van der Waals surface area contributed by atoms with E-state index in [1.54, 1.807) is 29.4 Å². The van der Waals surface area contributed by atoms with Gasteiger partial charge in [-0.2, -0.15) is 4.31 Å². The van der Waals surface area contributed by atoms with Crippen LogP contribution in [0.5, 0.6) is 0 Å². The van der Waals surface area contributed by atoms with Crippen LogP contribution in [-0.2, 0) is 21.2 Å². The van der Waals surface area contributed by atoms with Gasteiger partial charge in [-0.15, -0.1) is 0 Å². The summed E-state index contributed by atoms with van der Waals surface area (Å²) < 4.78 is 32.9. The summed E-state index contributed by atoms with van der Waals surface area (Å²) in [5, 5.41) is 0. The van der Waals surface area contributed by atoms with Crippen molar-refractivity contribution >= 4 is 21.6 Å². The van der Waals surface area contributed by atoms with Gasteiger partial charge in [0.25, 0.3) is 0 Å². The van der Waals surface area contributed by atoms with E-state index in [2.05, 4.69) is 0 Å². The SMILES string of the molecule is CC(=O)N1CCc2cc(S(=O)(=O)N3CCC(c4ccco4)C3)ccc21. The second-order valence-corrected chi connectivity index (χ2v) is 8.51. The molecule has 0 bridgehead atoms. The Hall–Kier alpha value is -2.12. The van der Waals surface area contributed by atoms with E-state index in [1.165, 1.54) is 11.2 Å². The number of sulfonamides is 1. The smallest absolute Gasteiger partial charge is 0.243 e. The molecule has 1 fully saturated rings. The topological polar surface area (TPSA) is 70.8 Å². The molecule has 0 radical (unpaired) electrons. The normalized spacial score (nSPS) is 20.8. The van der Waals surface area contributed by atoms with Crippen LogP contribution in [0.25, 0.3) is 0 Å². The molecule has 1 unspecified atom stereocenters. The molecule has 1 aromatic carbocycles. The summed E-state index contributed by atoms with van der Waals surface area (Å²) in [5.41, 5.74) is 1.74. The molecule has 0 spiro atoms. The number of carbonyl (C=O) groups is 1. The first kappa shape index (κ1) is 16.4. The van der Waals surface area contributed by atoms with Crippen molar-refractivity contribution in [1.82, 2.24) is 4.31 Å². The molecule has 4 rings (SSSR count). The number of fused-ring (bicyclic) bond motifs is 1. The van der Waals surface area contributed by atoms with Crippen LogP contribution < -0.4 is 4.90 Å². The molecule has 2 aliphatic heterocycles. The first-order valence-corrected chi connectivity index (χ1v) is 9.85. The van der Waals surface area contributed by atoms with E-state index in [-0.39, 0.29) is 11.8 Å². The average molecular weight is 360 g/mol. The molecule has 1 atom stereocenters. The fourth-order valence-corrected chi connectivity index (χ4v) is 5.27. The predicted octanol–water partition coefficient (Wildman–Crippen LogP) is 2.37. The number of hydrogen-bond donors (Lipinski definition) is 0. The highest BCUT2D eigenvalue weighted by Crippen LogP contribution is 2.34. The van der Waals surface area contributed by atoms with Crippen LogP contribution in [0.1, 0.15) is 30.6 Å². The van der Waals surface area contributed by atoms with Gasteiger partial charge in [-0.3, -0.25) is 4.79 Å². The second-order valence-electron chi connectivity index (χ2n) is 6.58. The zero-order chi connectivity index (χ0) is 17.6. The van der Waals surface area contributed by atoms with Gasteiger partial charge in [0.15, 0.2) is 0 Å². The Morgan fingerprint density at radius 2 is 2.08 bits per heavy atom. The molecule has 0 saturated carbocycles. The van der Waals surface area contributed by atoms with Crippen LogP contribution in [0.15, 0.2) is 45.9 Å². The molecule has 0 N–H and O–H groups in total. The minimum Gasteiger partial charge on any atom is -0.469 e. The summed E-state index contributed by atoms with van der Waals surface area (Å²) in [7, 11) is -3.53. The minimum absolute atomic E-state index is 0.0183. The van der Waals surface area contributed by atoms with Gasteiger partial charge in [0, 0.05) is 38.2 Å². The average Bonchev–Trinajstić information content (AvgIpc) is 3.32. The summed E-state index contributed by atoms with van der Waals surface area (Å²) in [6, 6.07) is 8.79. The molecule has 6 nitrogen and oxygen atoms in total. The fraction of sp³-hybridized carbons (Fsp3) is 0.389. The maximum absolute atomic E-state index is 13.0. The van der Waals surface area contributed by atoms with Crippen LogP contribution in [0.3, 0.4) is 0 Å². The number of furan rings is 1. The number of amides is 1. The van der Waals surface area contributed by atoms with Gasteiger partial charge in [0.1, 0.15) is 5.76 Å². The van der Waals surface area contributed by atoms with E-state index < -0.39 is 10.0 Å². The molecule has 1 saturated heterocycles. The van der Waals surface area contributed by atoms with Crippen molar-refractivity contribution in [3.63, 3.8) is 0 Å². The highest BCUT2D eigenvalue weighted by atomic mass is 32.2. The van der Waals surface area contributed by atoms with E-state index in [0.29, 0.717) is 31.0 Å². The quantitative estimate of drug-likeness (QED) is 0.842. The maximum Gasteiger partial charge on any atom is 0.243 e. The van der Waals surface area contributed by atoms with Gasteiger partial charge in [-0.25, -0.2) is 8.42 Å². The summed E-state index contributed by atoms with van der Waals surface area (Å²) in [4.78, 5) is 13.6. The van der Waals surface area contributed by atoms with E-state index >= 15 is 0 Å². The Bertz CT molecular complexity index is 905. The van der Waals surface area contributed by atoms with Crippen molar-refractivity contribution < 1.29 is 17.6 Å². The Kier molecular flexibility index (Phi) is 3.92. The molecule has 3 heterocycles. The van der Waals surface area contributed by atoms with Crippen molar-refractivity contribution in [2.24, 2.45) is 0 Å². The second kappa shape index (κ2) is 6.00. The third-order valence-electron chi connectivity index (χ3n) is 5.06. The summed E-state index contributed by atoms with van der Waals surface area (Å²) >= 11 is 0. The van der Waals surface area contributed by atoms with E-state index in [1.807, 2.05) is 12.1 Å². The molecule has 2 aromatic rings. The standard InChI is InChI=1S/C18H20N2O4S/c1-13(21)20-9-7-14-11-16(4-5-17(14)20)25(22,23)19-8-6-15(12-19)18-3-2-10-24-18/h2-5,10-11,15H,6-9,12H2,1H3.